The Kier molecular flexibility index (Phi) is 5.79. The lowest BCUT2D eigenvalue weighted by atomic mass is 10.1. The molecule has 5 heteroatoms. The maximum absolute atomic E-state index is 11.8. The summed E-state index contributed by atoms with van der Waals surface area (Å²) in [6.07, 6.45) is 3.52. The molecule has 0 heterocycles. The molecule has 0 saturated heterocycles. The number of carbonyl (C=O) groups is 2. The molecule has 0 radical (unpaired) electrons. The van der Waals surface area contributed by atoms with Crippen LogP contribution in [0.3, 0.4) is 0 Å². The Morgan fingerprint density at radius 1 is 1.26 bits per heavy atom. The molecule has 1 aliphatic rings. The zero-order chi connectivity index (χ0) is 14.5. The van der Waals surface area contributed by atoms with Gasteiger partial charge < -0.3 is 16.0 Å². The predicted molar refractivity (Wildman–Crippen MR) is 75.8 cm³/mol. The standard InChI is InChI=1S/C14H27N3O2/c1-10(13(19)17-14(2,3)4)15-9-5-6-12(18)16-11-7-8-11/h10-11,15H,5-9H2,1-4H3,(H,16,18)(H,17,19). The fourth-order valence-corrected chi connectivity index (χ4v) is 1.67. The number of rotatable bonds is 7. The lowest BCUT2D eigenvalue weighted by Crippen LogP contribution is -2.49. The van der Waals surface area contributed by atoms with Crippen molar-refractivity contribution in [1.29, 1.82) is 0 Å². The van der Waals surface area contributed by atoms with Crippen LogP contribution in [0, 0.1) is 0 Å². The fourth-order valence-electron chi connectivity index (χ4n) is 1.67. The summed E-state index contributed by atoms with van der Waals surface area (Å²) in [7, 11) is 0. The van der Waals surface area contributed by atoms with Gasteiger partial charge in [0.1, 0.15) is 0 Å². The average Bonchev–Trinajstić information content (AvgIpc) is 3.05. The van der Waals surface area contributed by atoms with Crippen LogP contribution in [0.2, 0.25) is 0 Å². The van der Waals surface area contributed by atoms with Crippen molar-refractivity contribution in [2.24, 2.45) is 0 Å². The minimum Gasteiger partial charge on any atom is -0.353 e. The van der Waals surface area contributed by atoms with Gasteiger partial charge in [0.2, 0.25) is 11.8 Å². The first-order chi connectivity index (χ1) is 8.78. The molecule has 0 spiro atoms. The molecule has 3 N–H and O–H groups in total. The van der Waals surface area contributed by atoms with Gasteiger partial charge in [0, 0.05) is 18.0 Å². The lowest BCUT2D eigenvalue weighted by Gasteiger charge is -2.23. The van der Waals surface area contributed by atoms with E-state index in [4.69, 9.17) is 0 Å². The van der Waals surface area contributed by atoms with Crippen LogP contribution in [-0.2, 0) is 9.59 Å². The number of hydrogen-bond donors (Lipinski definition) is 3. The van der Waals surface area contributed by atoms with Crippen LogP contribution in [0.15, 0.2) is 0 Å². The molecule has 110 valence electrons. The molecule has 5 nitrogen and oxygen atoms in total. The summed E-state index contributed by atoms with van der Waals surface area (Å²) in [6, 6.07) is 0.197. The van der Waals surface area contributed by atoms with Crippen molar-refractivity contribution in [3.8, 4) is 0 Å². The summed E-state index contributed by atoms with van der Waals surface area (Å²) < 4.78 is 0. The first-order valence-corrected chi connectivity index (χ1v) is 7.13. The van der Waals surface area contributed by atoms with Crippen LogP contribution in [0.5, 0.6) is 0 Å². The van der Waals surface area contributed by atoms with E-state index in [0.717, 1.165) is 19.3 Å². The minimum absolute atomic E-state index is 0.00469. The SMILES string of the molecule is CC(NCCCC(=O)NC1CC1)C(=O)NC(C)(C)C. The first kappa shape index (κ1) is 16.0. The van der Waals surface area contributed by atoms with Gasteiger partial charge in [-0.15, -0.1) is 0 Å². The zero-order valence-electron chi connectivity index (χ0n) is 12.5. The average molecular weight is 269 g/mol. The van der Waals surface area contributed by atoms with Crippen LogP contribution < -0.4 is 16.0 Å². The second-order valence-corrected chi connectivity index (χ2v) is 6.36. The van der Waals surface area contributed by atoms with E-state index in [1.807, 2.05) is 27.7 Å². The molecule has 0 aromatic heterocycles. The highest BCUT2D eigenvalue weighted by Gasteiger charge is 2.23. The van der Waals surface area contributed by atoms with Gasteiger partial charge in [-0.05, 0) is 53.5 Å². The van der Waals surface area contributed by atoms with Crippen molar-refractivity contribution in [3.63, 3.8) is 0 Å². The summed E-state index contributed by atoms with van der Waals surface area (Å²) in [5.74, 6) is 0.117. The van der Waals surface area contributed by atoms with Gasteiger partial charge in [-0.3, -0.25) is 9.59 Å². The van der Waals surface area contributed by atoms with E-state index in [9.17, 15) is 9.59 Å². The van der Waals surface area contributed by atoms with Crippen molar-refractivity contribution < 1.29 is 9.59 Å². The third-order valence-corrected chi connectivity index (χ3v) is 2.87. The van der Waals surface area contributed by atoms with Crippen LogP contribution in [0.25, 0.3) is 0 Å². The molecule has 0 bridgehead atoms. The maximum atomic E-state index is 11.8. The molecule has 1 saturated carbocycles. The predicted octanol–water partition coefficient (Wildman–Crippen LogP) is 0.938. The van der Waals surface area contributed by atoms with Gasteiger partial charge in [0.25, 0.3) is 0 Å². The summed E-state index contributed by atoms with van der Waals surface area (Å²) in [6.45, 7) is 8.39. The maximum Gasteiger partial charge on any atom is 0.237 e. The molecule has 2 amide bonds. The second-order valence-electron chi connectivity index (χ2n) is 6.36. The second kappa shape index (κ2) is 6.89. The van der Waals surface area contributed by atoms with E-state index in [0.29, 0.717) is 19.0 Å². The van der Waals surface area contributed by atoms with E-state index in [1.54, 1.807) is 0 Å². The molecular weight excluding hydrogens is 242 g/mol. The molecule has 19 heavy (non-hydrogen) atoms. The van der Waals surface area contributed by atoms with E-state index in [-0.39, 0.29) is 23.4 Å². The number of hydrogen-bond acceptors (Lipinski definition) is 3. The van der Waals surface area contributed by atoms with Gasteiger partial charge in [-0.25, -0.2) is 0 Å². The van der Waals surface area contributed by atoms with Crippen LogP contribution in [0.1, 0.15) is 53.4 Å². The quantitative estimate of drug-likeness (QED) is 0.602. The van der Waals surface area contributed by atoms with E-state index < -0.39 is 0 Å². The Morgan fingerprint density at radius 3 is 2.42 bits per heavy atom. The van der Waals surface area contributed by atoms with E-state index in [2.05, 4.69) is 16.0 Å². The molecule has 0 aromatic carbocycles. The van der Waals surface area contributed by atoms with Crippen molar-refractivity contribution >= 4 is 11.8 Å². The van der Waals surface area contributed by atoms with E-state index >= 15 is 0 Å². The Balaban J connectivity index is 2.07. The normalized spacial score (nSPS) is 16.8. The van der Waals surface area contributed by atoms with Gasteiger partial charge in [-0.1, -0.05) is 0 Å². The minimum atomic E-state index is -0.231. The number of nitrogens with one attached hydrogen (secondary N) is 3. The van der Waals surface area contributed by atoms with Crippen molar-refractivity contribution in [2.45, 2.75) is 71.0 Å². The Hall–Kier alpha value is -1.10. The van der Waals surface area contributed by atoms with Gasteiger partial charge in [0.15, 0.2) is 0 Å². The molecule has 0 aromatic rings. The first-order valence-electron chi connectivity index (χ1n) is 7.13. The monoisotopic (exact) mass is 269 g/mol. The molecule has 1 unspecified atom stereocenters. The highest BCUT2D eigenvalue weighted by Crippen LogP contribution is 2.18. The highest BCUT2D eigenvalue weighted by molar-refractivity contribution is 5.81. The largest absolute Gasteiger partial charge is 0.353 e. The van der Waals surface area contributed by atoms with Crippen molar-refractivity contribution in [1.82, 2.24) is 16.0 Å². The number of carbonyl (C=O) groups excluding carboxylic acids is 2. The van der Waals surface area contributed by atoms with Crippen LogP contribution in [-0.4, -0.2) is 36.0 Å². The third-order valence-electron chi connectivity index (χ3n) is 2.87. The molecule has 1 rings (SSSR count). The van der Waals surface area contributed by atoms with Gasteiger partial charge in [0.05, 0.1) is 6.04 Å². The third kappa shape index (κ3) is 7.82. The molecule has 1 atom stereocenters. The summed E-state index contributed by atoms with van der Waals surface area (Å²) in [5.41, 5.74) is -0.211. The van der Waals surface area contributed by atoms with Crippen LogP contribution >= 0.6 is 0 Å². The lowest BCUT2D eigenvalue weighted by molar-refractivity contribution is -0.124. The fraction of sp³-hybridized carbons (Fsp3) is 0.857. The summed E-state index contributed by atoms with van der Waals surface area (Å²) in [5, 5.41) is 9.01. The highest BCUT2D eigenvalue weighted by atomic mass is 16.2. The van der Waals surface area contributed by atoms with Gasteiger partial charge in [-0.2, -0.15) is 0 Å². The Labute approximate surface area is 115 Å². The van der Waals surface area contributed by atoms with Crippen LogP contribution in [0.4, 0.5) is 0 Å². The number of amides is 2. The molecular formula is C14H27N3O2. The Bertz CT molecular complexity index is 319. The van der Waals surface area contributed by atoms with Crippen molar-refractivity contribution in [2.75, 3.05) is 6.54 Å². The smallest absolute Gasteiger partial charge is 0.237 e. The topological polar surface area (TPSA) is 70.2 Å². The molecule has 1 aliphatic carbocycles. The van der Waals surface area contributed by atoms with Crippen molar-refractivity contribution in [3.05, 3.63) is 0 Å². The van der Waals surface area contributed by atoms with E-state index in [1.165, 1.54) is 0 Å². The van der Waals surface area contributed by atoms with Gasteiger partial charge >= 0.3 is 0 Å². The zero-order valence-corrected chi connectivity index (χ0v) is 12.5. The Morgan fingerprint density at radius 2 is 1.89 bits per heavy atom. The summed E-state index contributed by atoms with van der Waals surface area (Å²) in [4.78, 5) is 23.2. The molecule has 1 fully saturated rings. The molecule has 0 aliphatic heterocycles. The summed E-state index contributed by atoms with van der Waals surface area (Å²) >= 11 is 0.